The van der Waals surface area contributed by atoms with Crippen molar-refractivity contribution in [1.29, 1.82) is 0 Å². The van der Waals surface area contributed by atoms with Crippen molar-refractivity contribution in [1.82, 2.24) is 19.6 Å². The van der Waals surface area contributed by atoms with Gasteiger partial charge in [0.25, 0.3) is 5.56 Å². The van der Waals surface area contributed by atoms with Crippen molar-refractivity contribution >= 4 is 22.4 Å². The third-order valence-corrected chi connectivity index (χ3v) is 6.42. The van der Waals surface area contributed by atoms with E-state index in [1.54, 1.807) is 0 Å². The Kier molecular flexibility index (Phi) is 6.13. The monoisotopic (exact) mass is 492 g/mol. The molecule has 1 atom stereocenters. The van der Waals surface area contributed by atoms with Crippen LogP contribution in [0.5, 0.6) is 0 Å². The summed E-state index contributed by atoms with van der Waals surface area (Å²) in [6.45, 7) is 5.49. The van der Waals surface area contributed by atoms with Crippen LogP contribution in [0.3, 0.4) is 0 Å². The van der Waals surface area contributed by atoms with Crippen molar-refractivity contribution in [2.24, 2.45) is 5.73 Å². The maximum absolute atomic E-state index is 14.3. The largest absolute Gasteiger partial charge is 0.369 e. The Morgan fingerprint density at radius 2 is 1.83 bits per heavy atom. The molecule has 0 spiro atoms. The summed E-state index contributed by atoms with van der Waals surface area (Å²) < 4.78 is 31.1. The molecule has 186 valence electrons. The van der Waals surface area contributed by atoms with E-state index in [0.717, 1.165) is 53.3 Å². The molecule has 36 heavy (non-hydrogen) atoms. The molecule has 2 aromatic carbocycles. The van der Waals surface area contributed by atoms with Gasteiger partial charge in [-0.2, -0.15) is 14.9 Å². The fourth-order valence-electron chi connectivity index (χ4n) is 4.59. The minimum Gasteiger partial charge on any atom is -0.369 e. The molecule has 0 radical (unpaired) electrons. The molecule has 0 bridgehead atoms. The lowest BCUT2D eigenvalue weighted by Gasteiger charge is -2.22. The summed E-state index contributed by atoms with van der Waals surface area (Å²) in [6.07, 6.45) is 2.80. The zero-order valence-electron chi connectivity index (χ0n) is 20.0. The number of rotatable bonds is 6. The van der Waals surface area contributed by atoms with E-state index in [-0.39, 0.29) is 30.0 Å². The first-order chi connectivity index (χ1) is 17.2. The van der Waals surface area contributed by atoms with Crippen LogP contribution in [0, 0.1) is 11.6 Å². The molecule has 0 aliphatic carbocycles. The molecule has 1 fully saturated rings. The van der Waals surface area contributed by atoms with Crippen molar-refractivity contribution in [3.8, 4) is 5.69 Å². The number of halogens is 2. The fourth-order valence-corrected chi connectivity index (χ4v) is 4.59. The lowest BCUT2D eigenvalue weighted by molar-refractivity contribution is 0.0986. The van der Waals surface area contributed by atoms with Crippen molar-refractivity contribution < 1.29 is 13.6 Å². The lowest BCUT2D eigenvalue weighted by Crippen LogP contribution is -2.27. The zero-order valence-corrected chi connectivity index (χ0v) is 20.0. The number of nitrogens with zero attached hydrogens (tertiary/aromatic N) is 5. The SMILES string of the molecule is CC(C)n1cc2c(N3CC[C@@H](N)C3)c(CC(=O)c3ccc(=O)n(-c4c(F)cccc4F)n3)ccc2n1. The third kappa shape index (κ3) is 4.28. The summed E-state index contributed by atoms with van der Waals surface area (Å²) >= 11 is 0. The molecule has 0 saturated carbocycles. The molecule has 3 heterocycles. The predicted octanol–water partition coefficient (Wildman–Crippen LogP) is 3.40. The van der Waals surface area contributed by atoms with E-state index < -0.39 is 22.9 Å². The summed E-state index contributed by atoms with van der Waals surface area (Å²) in [5.74, 6) is -2.29. The number of nitrogens with two attached hydrogens (primary N) is 1. The zero-order chi connectivity index (χ0) is 25.6. The number of benzene rings is 2. The molecule has 0 unspecified atom stereocenters. The molecule has 0 amide bonds. The van der Waals surface area contributed by atoms with Crippen LogP contribution < -0.4 is 16.2 Å². The van der Waals surface area contributed by atoms with Gasteiger partial charge in [0.15, 0.2) is 17.4 Å². The summed E-state index contributed by atoms with van der Waals surface area (Å²) in [5, 5.41) is 9.60. The van der Waals surface area contributed by atoms with E-state index in [1.165, 1.54) is 12.1 Å². The summed E-state index contributed by atoms with van der Waals surface area (Å²) in [4.78, 5) is 27.8. The number of ketones is 1. The normalized spacial score (nSPS) is 15.8. The smallest absolute Gasteiger partial charge is 0.271 e. The summed E-state index contributed by atoms with van der Waals surface area (Å²) in [6, 6.07) is 9.55. The number of carbonyl (C=O) groups excluding carboxylic acids is 1. The van der Waals surface area contributed by atoms with Gasteiger partial charge in [0, 0.05) is 49.2 Å². The van der Waals surface area contributed by atoms with Gasteiger partial charge in [0.05, 0.1) is 11.2 Å². The molecule has 2 aromatic heterocycles. The van der Waals surface area contributed by atoms with Gasteiger partial charge < -0.3 is 10.6 Å². The first-order valence-corrected chi connectivity index (χ1v) is 11.8. The molecule has 5 rings (SSSR count). The number of Topliss-reactive ketones (excluding diaryl/α,β-unsaturated/α-hetero) is 1. The van der Waals surface area contributed by atoms with Gasteiger partial charge in [0.2, 0.25) is 0 Å². The molecule has 8 nitrogen and oxygen atoms in total. The van der Waals surface area contributed by atoms with Crippen LogP contribution in [0.15, 0.2) is 53.5 Å². The minimum atomic E-state index is -0.950. The molecule has 10 heteroatoms. The van der Waals surface area contributed by atoms with Crippen LogP contribution in [-0.2, 0) is 6.42 Å². The Hall–Kier alpha value is -3.92. The van der Waals surface area contributed by atoms with E-state index in [1.807, 2.05) is 36.9 Å². The van der Waals surface area contributed by atoms with Crippen LogP contribution in [0.4, 0.5) is 14.5 Å². The van der Waals surface area contributed by atoms with E-state index in [2.05, 4.69) is 15.1 Å². The van der Waals surface area contributed by atoms with Gasteiger partial charge in [-0.1, -0.05) is 12.1 Å². The second-order valence-corrected chi connectivity index (χ2v) is 9.34. The Bertz CT molecular complexity index is 1510. The number of aromatic nitrogens is 4. The first-order valence-electron chi connectivity index (χ1n) is 11.8. The minimum absolute atomic E-state index is 0.0190. The maximum Gasteiger partial charge on any atom is 0.271 e. The fraction of sp³-hybridized carbons (Fsp3) is 0.308. The number of hydrogen-bond acceptors (Lipinski definition) is 6. The standard InChI is InChI=1S/C26H26F2N6O2/c1-15(2)33-14-18-21(30-33)7-6-16(25(18)32-11-10-17(29)13-32)12-23(35)22-8-9-24(36)34(31-22)26-19(27)4-3-5-20(26)28/h3-9,14-15,17H,10-13,29H2,1-2H3/t17-/m1/s1. The number of para-hydroxylation sites is 1. The number of fused-ring (bicyclic) bond motifs is 1. The lowest BCUT2D eigenvalue weighted by atomic mass is 10.0. The average Bonchev–Trinajstić information content (AvgIpc) is 3.46. The number of hydrogen-bond donors (Lipinski definition) is 1. The van der Waals surface area contributed by atoms with Gasteiger partial charge in [-0.05, 0) is 50.1 Å². The molecular weight excluding hydrogens is 466 g/mol. The van der Waals surface area contributed by atoms with E-state index >= 15 is 0 Å². The topological polar surface area (TPSA) is 99.0 Å². The Morgan fingerprint density at radius 1 is 1.08 bits per heavy atom. The summed E-state index contributed by atoms with van der Waals surface area (Å²) in [5.41, 5.74) is 7.22. The average molecular weight is 493 g/mol. The predicted molar refractivity (Wildman–Crippen MR) is 133 cm³/mol. The number of carbonyl (C=O) groups is 1. The van der Waals surface area contributed by atoms with Crippen molar-refractivity contribution in [2.75, 3.05) is 18.0 Å². The Labute approximate surface area is 205 Å². The van der Waals surface area contributed by atoms with Crippen LogP contribution >= 0.6 is 0 Å². The molecule has 4 aromatic rings. The van der Waals surface area contributed by atoms with Gasteiger partial charge in [-0.15, -0.1) is 0 Å². The molecule has 2 N–H and O–H groups in total. The van der Waals surface area contributed by atoms with Crippen molar-refractivity contribution in [3.63, 3.8) is 0 Å². The highest BCUT2D eigenvalue weighted by Gasteiger charge is 2.26. The highest BCUT2D eigenvalue weighted by Crippen LogP contribution is 2.34. The third-order valence-electron chi connectivity index (χ3n) is 6.42. The van der Waals surface area contributed by atoms with E-state index in [0.29, 0.717) is 11.2 Å². The van der Waals surface area contributed by atoms with Gasteiger partial charge in [-0.3, -0.25) is 14.3 Å². The second kappa shape index (κ2) is 9.27. The van der Waals surface area contributed by atoms with Crippen LogP contribution in [0.25, 0.3) is 16.6 Å². The maximum atomic E-state index is 14.3. The second-order valence-electron chi connectivity index (χ2n) is 9.34. The molecular formula is C26H26F2N6O2. The van der Waals surface area contributed by atoms with Gasteiger partial charge in [0.1, 0.15) is 11.4 Å². The first kappa shape index (κ1) is 23.8. The van der Waals surface area contributed by atoms with Gasteiger partial charge >= 0.3 is 0 Å². The highest BCUT2D eigenvalue weighted by molar-refractivity contribution is 6.00. The quantitative estimate of drug-likeness (QED) is 0.414. The Balaban J connectivity index is 1.55. The van der Waals surface area contributed by atoms with E-state index in [4.69, 9.17) is 5.73 Å². The van der Waals surface area contributed by atoms with Crippen molar-refractivity contribution in [2.45, 2.75) is 38.8 Å². The van der Waals surface area contributed by atoms with Crippen molar-refractivity contribution in [3.05, 3.63) is 81.9 Å². The summed E-state index contributed by atoms with van der Waals surface area (Å²) in [7, 11) is 0. The molecule has 1 saturated heterocycles. The molecule has 1 aliphatic rings. The van der Waals surface area contributed by atoms with E-state index in [9.17, 15) is 18.4 Å². The highest BCUT2D eigenvalue weighted by atomic mass is 19.1. The number of anilines is 1. The van der Waals surface area contributed by atoms with Crippen LogP contribution in [0.2, 0.25) is 0 Å². The van der Waals surface area contributed by atoms with Crippen LogP contribution in [0.1, 0.15) is 42.4 Å². The molecule has 1 aliphatic heterocycles. The Morgan fingerprint density at radius 3 is 2.50 bits per heavy atom. The van der Waals surface area contributed by atoms with Crippen LogP contribution in [-0.4, -0.2) is 44.5 Å². The van der Waals surface area contributed by atoms with Gasteiger partial charge in [-0.25, -0.2) is 8.78 Å².